The average Bonchev–Trinajstić information content (AvgIpc) is 3.16. The van der Waals surface area contributed by atoms with Gasteiger partial charge in [-0.15, -0.1) is 13.2 Å². The van der Waals surface area contributed by atoms with E-state index in [0.29, 0.717) is 36.9 Å². The molecule has 250 valence electrons. The molecule has 2 aliphatic carbocycles. The molecule has 0 radical (unpaired) electrons. The Kier molecular flexibility index (Phi) is 10.8. The minimum Gasteiger partial charge on any atom is -0.490 e. The third-order valence-corrected chi connectivity index (χ3v) is 11.8. The summed E-state index contributed by atoms with van der Waals surface area (Å²) >= 11 is 6.40. The molecule has 0 aromatic heterocycles. The highest BCUT2D eigenvalue weighted by Gasteiger charge is 2.44. The number of hydrogen-bond acceptors (Lipinski definition) is 7. The van der Waals surface area contributed by atoms with Gasteiger partial charge in [0.05, 0.1) is 25.0 Å². The Bertz CT molecular complexity index is 1550. The number of nitrogens with one attached hydrogen (secondary N) is 1. The van der Waals surface area contributed by atoms with Gasteiger partial charge in [0, 0.05) is 48.8 Å². The number of methoxy groups -OCH3 is 1. The third kappa shape index (κ3) is 7.16. The number of anilines is 1. The van der Waals surface area contributed by atoms with Gasteiger partial charge < -0.3 is 19.5 Å². The van der Waals surface area contributed by atoms with E-state index in [1.807, 2.05) is 6.07 Å². The fourth-order valence-electron chi connectivity index (χ4n) is 7.34. The predicted molar refractivity (Wildman–Crippen MR) is 182 cm³/mol. The zero-order valence-corrected chi connectivity index (χ0v) is 28.4. The van der Waals surface area contributed by atoms with Crippen LogP contribution in [-0.4, -0.2) is 75.8 Å². The van der Waals surface area contributed by atoms with Gasteiger partial charge in [0.15, 0.2) is 0 Å². The van der Waals surface area contributed by atoms with Crippen molar-refractivity contribution in [3.8, 4) is 5.75 Å². The smallest absolute Gasteiger partial charge is 0.304 e. The first-order valence-corrected chi connectivity index (χ1v) is 17.9. The second-order valence-corrected chi connectivity index (χ2v) is 15.0. The number of nitrogens with zero attached hydrogens (tertiary/aromatic N) is 2. The number of hydrogen-bond donors (Lipinski definition) is 2. The standard InChI is InChI=1S/C35H46ClN3O6S/c1-5-8-24(3)39(17-18-44-4)46(42,43)37-34(41)26-11-15-33-31(20-26)38(21-27-10-13-29(27)32(40)6-2)22-35(23-45-33)16-7-9-25-19-28(36)12-14-30(25)35/h5-6,11-12,14-15,19-20,24,27,29,32,40H,1-2,7-10,13,16-18,21-23H2,3-4H3,(H,37,41)/t24?,27-,29+,32?,35-/m0/s1. The van der Waals surface area contributed by atoms with Gasteiger partial charge in [-0.1, -0.05) is 29.8 Å². The Labute approximate surface area is 278 Å². The lowest BCUT2D eigenvalue weighted by atomic mass is 9.68. The highest BCUT2D eigenvalue weighted by atomic mass is 35.5. The van der Waals surface area contributed by atoms with Crippen LogP contribution in [0.25, 0.3) is 0 Å². The number of aliphatic hydroxyl groups is 1. The quantitative estimate of drug-likeness (QED) is 0.279. The monoisotopic (exact) mass is 671 g/mol. The van der Waals surface area contributed by atoms with Crippen LogP contribution in [-0.2, 0) is 26.8 Å². The van der Waals surface area contributed by atoms with Gasteiger partial charge in [-0.2, -0.15) is 12.7 Å². The number of ether oxygens (including phenoxy) is 2. The second-order valence-electron chi connectivity index (χ2n) is 12.9. The van der Waals surface area contributed by atoms with Crippen LogP contribution < -0.4 is 14.4 Å². The maximum atomic E-state index is 13.6. The number of aliphatic hydroxyl groups excluding tert-OH is 1. The molecule has 1 saturated carbocycles. The molecule has 2 N–H and O–H groups in total. The molecule has 1 spiro atoms. The van der Waals surface area contributed by atoms with Gasteiger partial charge in [-0.3, -0.25) is 4.79 Å². The topological polar surface area (TPSA) is 108 Å². The van der Waals surface area contributed by atoms with E-state index in [1.54, 1.807) is 37.3 Å². The van der Waals surface area contributed by atoms with Crippen molar-refractivity contribution in [2.24, 2.45) is 11.8 Å². The summed E-state index contributed by atoms with van der Waals surface area (Å²) in [7, 11) is -2.68. The number of carbonyl (C=O) groups excluding carboxylic acids is 1. The van der Waals surface area contributed by atoms with E-state index in [9.17, 15) is 18.3 Å². The molecular formula is C35H46ClN3O6S. The van der Waals surface area contributed by atoms with Crippen molar-refractivity contribution in [2.75, 3.05) is 44.9 Å². The number of benzene rings is 2. The van der Waals surface area contributed by atoms with Crippen LogP contribution in [0.4, 0.5) is 5.69 Å². The Morgan fingerprint density at radius 3 is 2.78 bits per heavy atom. The number of rotatable bonds is 13. The molecule has 1 amide bonds. The lowest BCUT2D eigenvalue weighted by Gasteiger charge is -2.45. The summed E-state index contributed by atoms with van der Waals surface area (Å²) < 4.78 is 42.1. The molecule has 1 aliphatic heterocycles. The molecule has 9 nitrogen and oxygen atoms in total. The maximum Gasteiger partial charge on any atom is 0.304 e. The van der Waals surface area contributed by atoms with Crippen LogP contribution in [0.15, 0.2) is 61.7 Å². The number of fused-ring (bicyclic) bond motifs is 3. The summed E-state index contributed by atoms with van der Waals surface area (Å²) in [6.07, 6.45) is 7.86. The van der Waals surface area contributed by atoms with Crippen LogP contribution in [0.5, 0.6) is 5.75 Å². The molecule has 0 bridgehead atoms. The number of aryl methyl sites for hydroxylation is 1. The van der Waals surface area contributed by atoms with Crippen molar-refractivity contribution in [3.05, 3.63) is 83.4 Å². The summed E-state index contributed by atoms with van der Waals surface area (Å²) in [5, 5.41) is 11.3. The van der Waals surface area contributed by atoms with E-state index in [2.05, 4.69) is 34.9 Å². The maximum absolute atomic E-state index is 13.6. The Morgan fingerprint density at radius 1 is 1.28 bits per heavy atom. The van der Waals surface area contributed by atoms with E-state index < -0.39 is 28.3 Å². The average molecular weight is 672 g/mol. The molecule has 2 aromatic rings. The Hall–Kier alpha value is -2.89. The summed E-state index contributed by atoms with van der Waals surface area (Å²) in [5.74, 6) is 0.239. The van der Waals surface area contributed by atoms with Crippen LogP contribution in [0.2, 0.25) is 5.02 Å². The summed E-state index contributed by atoms with van der Waals surface area (Å²) in [4.78, 5) is 15.9. The molecule has 46 heavy (non-hydrogen) atoms. The van der Waals surface area contributed by atoms with Crippen molar-refractivity contribution in [1.82, 2.24) is 9.03 Å². The van der Waals surface area contributed by atoms with Gasteiger partial charge in [0.25, 0.3) is 5.91 Å². The van der Waals surface area contributed by atoms with Crippen LogP contribution in [0, 0.1) is 11.8 Å². The number of carbonyl (C=O) groups is 1. The zero-order valence-electron chi connectivity index (χ0n) is 26.8. The summed E-state index contributed by atoms with van der Waals surface area (Å²) in [6, 6.07) is 10.8. The minimum absolute atomic E-state index is 0.0911. The minimum atomic E-state index is -4.19. The Balaban J connectivity index is 1.48. The van der Waals surface area contributed by atoms with Gasteiger partial charge in [0.1, 0.15) is 5.75 Å². The normalized spacial score (nSPS) is 23.7. The fraction of sp³-hybridized carbons (Fsp3) is 0.514. The molecule has 5 atom stereocenters. The third-order valence-electron chi connectivity index (χ3n) is 9.96. The molecule has 1 heterocycles. The second kappa shape index (κ2) is 14.5. The van der Waals surface area contributed by atoms with E-state index in [-0.39, 0.29) is 36.0 Å². The van der Waals surface area contributed by atoms with Crippen LogP contribution >= 0.6 is 11.6 Å². The molecule has 1 fully saturated rings. The lowest BCUT2D eigenvalue weighted by Crippen LogP contribution is -2.49. The van der Waals surface area contributed by atoms with Gasteiger partial charge >= 0.3 is 10.2 Å². The molecule has 2 aromatic carbocycles. The van der Waals surface area contributed by atoms with Gasteiger partial charge in [0.2, 0.25) is 0 Å². The van der Waals surface area contributed by atoms with Crippen molar-refractivity contribution < 1.29 is 27.8 Å². The number of halogens is 1. The molecule has 3 aliphatic rings. The van der Waals surface area contributed by atoms with E-state index in [0.717, 1.165) is 37.8 Å². The molecular weight excluding hydrogens is 626 g/mol. The fourth-order valence-corrected chi connectivity index (χ4v) is 8.88. The first kappa shape index (κ1) is 34.4. The Morgan fingerprint density at radius 2 is 2.09 bits per heavy atom. The molecule has 0 saturated heterocycles. The van der Waals surface area contributed by atoms with Crippen molar-refractivity contribution in [1.29, 1.82) is 0 Å². The highest BCUT2D eigenvalue weighted by Crippen LogP contribution is 2.46. The number of amides is 1. The van der Waals surface area contributed by atoms with Crippen LogP contribution in [0.3, 0.4) is 0 Å². The molecule has 5 rings (SSSR count). The van der Waals surface area contributed by atoms with Crippen molar-refractivity contribution in [2.45, 2.75) is 63.0 Å². The lowest BCUT2D eigenvalue weighted by molar-refractivity contribution is 0.0460. The summed E-state index contributed by atoms with van der Waals surface area (Å²) in [6.45, 7) is 11.3. The zero-order chi connectivity index (χ0) is 33.1. The molecule has 2 unspecified atom stereocenters. The van der Waals surface area contributed by atoms with Crippen molar-refractivity contribution in [3.63, 3.8) is 0 Å². The van der Waals surface area contributed by atoms with Crippen molar-refractivity contribution >= 4 is 33.4 Å². The predicted octanol–water partition coefficient (Wildman–Crippen LogP) is 5.27. The highest BCUT2D eigenvalue weighted by molar-refractivity contribution is 7.87. The van der Waals surface area contributed by atoms with Gasteiger partial charge in [-0.25, -0.2) is 4.72 Å². The van der Waals surface area contributed by atoms with E-state index in [1.165, 1.54) is 22.5 Å². The first-order valence-electron chi connectivity index (χ1n) is 16.1. The summed E-state index contributed by atoms with van der Waals surface area (Å²) in [5.41, 5.74) is 3.10. The molecule has 11 heteroatoms. The largest absolute Gasteiger partial charge is 0.490 e. The van der Waals surface area contributed by atoms with Crippen LogP contribution in [0.1, 0.15) is 60.5 Å². The van der Waals surface area contributed by atoms with E-state index >= 15 is 0 Å². The SMILES string of the molecule is C=CCC(C)N(CCOC)S(=O)(=O)NC(=O)c1ccc2c(c1)N(C[C@@H]1CC[C@H]1C(O)C=C)C[C@@]1(CCCc3cc(Cl)ccc31)CO2. The van der Waals surface area contributed by atoms with E-state index in [4.69, 9.17) is 21.1 Å². The van der Waals surface area contributed by atoms with Gasteiger partial charge in [-0.05, 0) is 98.7 Å². The first-order chi connectivity index (χ1) is 22.0.